The minimum absolute atomic E-state index is 0.0909. The lowest BCUT2D eigenvalue weighted by molar-refractivity contribution is 0.0523. The first-order valence-electron chi connectivity index (χ1n) is 10.5. The summed E-state index contributed by atoms with van der Waals surface area (Å²) in [7, 11) is -3.44. The van der Waals surface area contributed by atoms with Crippen molar-refractivity contribution in [1.29, 1.82) is 0 Å². The largest absolute Gasteiger partial charge is 0.490 e. The van der Waals surface area contributed by atoms with Crippen molar-refractivity contribution in [2.24, 2.45) is 0 Å². The van der Waals surface area contributed by atoms with Crippen molar-refractivity contribution in [3.8, 4) is 22.8 Å². The monoisotopic (exact) mass is 464 g/mol. The maximum atomic E-state index is 12.7. The van der Waals surface area contributed by atoms with Crippen LogP contribution in [0.25, 0.3) is 11.3 Å². The van der Waals surface area contributed by atoms with E-state index in [-0.39, 0.29) is 24.8 Å². The standard InChI is InChI=1S/C22H28N2O7S/c1-5-29-20-9-14-8-15(12-23-32(4,27)28)24-13-17(22(26)31-7-3)19(25)11-18(24)16(14)10-21(20)30-6-2/h9-11,13,15,23H,5-8,12H2,1-4H3. The first-order valence-corrected chi connectivity index (χ1v) is 12.4. The first kappa shape index (κ1) is 23.8. The van der Waals surface area contributed by atoms with E-state index in [0.29, 0.717) is 36.8 Å². The van der Waals surface area contributed by atoms with Crippen LogP contribution in [0.3, 0.4) is 0 Å². The van der Waals surface area contributed by atoms with Gasteiger partial charge in [-0.1, -0.05) is 0 Å². The predicted molar refractivity (Wildman–Crippen MR) is 120 cm³/mol. The number of nitrogens with one attached hydrogen (secondary N) is 1. The molecule has 32 heavy (non-hydrogen) atoms. The molecule has 2 heterocycles. The molecule has 1 atom stereocenters. The SMILES string of the molecule is CCOC(=O)c1cn2c(cc1=O)-c1cc(OCC)c(OCC)cc1CC2CNS(C)(=O)=O. The van der Waals surface area contributed by atoms with Gasteiger partial charge in [0, 0.05) is 24.4 Å². The molecule has 1 aromatic heterocycles. The second-order valence-corrected chi connectivity index (χ2v) is 9.20. The predicted octanol–water partition coefficient (Wildman–Crippen LogP) is 2.14. The van der Waals surface area contributed by atoms with Crippen LogP contribution in [-0.2, 0) is 21.2 Å². The molecule has 0 radical (unpaired) electrons. The van der Waals surface area contributed by atoms with E-state index < -0.39 is 21.4 Å². The molecule has 0 bridgehead atoms. The fraction of sp³-hybridized carbons (Fsp3) is 0.455. The van der Waals surface area contributed by atoms with E-state index in [1.165, 1.54) is 12.3 Å². The molecule has 1 N–H and O–H groups in total. The molecule has 1 aromatic carbocycles. The summed E-state index contributed by atoms with van der Waals surface area (Å²) in [5, 5.41) is 0. The Hall–Kier alpha value is -2.85. The lowest BCUT2D eigenvalue weighted by atomic mass is 9.91. The molecule has 1 aliphatic heterocycles. The highest BCUT2D eigenvalue weighted by Gasteiger charge is 2.28. The van der Waals surface area contributed by atoms with Gasteiger partial charge in [-0.05, 0) is 44.9 Å². The number of pyridine rings is 1. The van der Waals surface area contributed by atoms with Gasteiger partial charge in [0.15, 0.2) is 16.9 Å². The molecule has 0 amide bonds. The minimum atomic E-state index is -3.44. The Morgan fingerprint density at radius 1 is 1.09 bits per heavy atom. The number of sulfonamides is 1. The average molecular weight is 465 g/mol. The number of carbonyl (C=O) groups is 1. The zero-order valence-electron chi connectivity index (χ0n) is 18.6. The average Bonchev–Trinajstić information content (AvgIpc) is 2.72. The third kappa shape index (κ3) is 5.13. The van der Waals surface area contributed by atoms with E-state index in [2.05, 4.69) is 4.72 Å². The summed E-state index contributed by atoms with van der Waals surface area (Å²) >= 11 is 0. The van der Waals surface area contributed by atoms with Crippen molar-refractivity contribution >= 4 is 16.0 Å². The van der Waals surface area contributed by atoms with Gasteiger partial charge in [0.2, 0.25) is 10.0 Å². The van der Waals surface area contributed by atoms with Gasteiger partial charge in [-0.25, -0.2) is 17.9 Å². The summed E-state index contributed by atoms with van der Waals surface area (Å²) in [6.07, 6.45) is 2.99. The maximum absolute atomic E-state index is 12.7. The quantitative estimate of drug-likeness (QED) is 0.566. The van der Waals surface area contributed by atoms with Crippen LogP contribution in [0.1, 0.15) is 42.7 Å². The summed E-state index contributed by atoms with van der Waals surface area (Å²) in [4.78, 5) is 25.0. The van der Waals surface area contributed by atoms with Crippen LogP contribution in [0.2, 0.25) is 0 Å². The molecular weight excluding hydrogens is 436 g/mol. The van der Waals surface area contributed by atoms with Gasteiger partial charge in [0.1, 0.15) is 5.56 Å². The Balaban J connectivity index is 2.19. The highest BCUT2D eigenvalue weighted by atomic mass is 32.2. The smallest absolute Gasteiger partial charge is 0.343 e. The summed E-state index contributed by atoms with van der Waals surface area (Å²) in [6.45, 7) is 6.53. The number of fused-ring (bicyclic) bond motifs is 3. The minimum Gasteiger partial charge on any atom is -0.490 e. The van der Waals surface area contributed by atoms with E-state index >= 15 is 0 Å². The highest BCUT2D eigenvalue weighted by Crippen LogP contribution is 2.41. The van der Waals surface area contributed by atoms with Crippen molar-refractivity contribution in [1.82, 2.24) is 9.29 Å². The van der Waals surface area contributed by atoms with Crippen LogP contribution in [0.5, 0.6) is 11.5 Å². The fourth-order valence-electron chi connectivity index (χ4n) is 3.75. The van der Waals surface area contributed by atoms with Crippen LogP contribution in [0.4, 0.5) is 0 Å². The molecule has 9 nitrogen and oxygen atoms in total. The van der Waals surface area contributed by atoms with Crippen LogP contribution >= 0.6 is 0 Å². The Labute approximate surface area is 187 Å². The number of hydrogen-bond acceptors (Lipinski definition) is 7. The van der Waals surface area contributed by atoms with Crippen LogP contribution in [-0.4, -0.2) is 51.6 Å². The number of rotatable bonds is 9. The molecule has 0 spiro atoms. The molecule has 3 rings (SSSR count). The Morgan fingerprint density at radius 3 is 2.34 bits per heavy atom. The van der Waals surface area contributed by atoms with Gasteiger partial charge in [-0.2, -0.15) is 0 Å². The Bertz CT molecular complexity index is 1170. The van der Waals surface area contributed by atoms with Gasteiger partial charge < -0.3 is 18.8 Å². The van der Waals surface area contributed by atoms with Crippen molar-refractivity contribution in [2.45, 2.75) is 33.2 Å². The van der Waals surface area contributed by atoms with Crippen LogP contribution in [0.15, 0.2) is 29.2 Å². The summed E-state index contributed by atoms with van der Waals surface area (Å²) in [6, 6.07) is 4.70. The van der Waals surface area contributed by atoms with Crippen LogP contribution < -0.4 is 19.6 Å². The lowest BCUT2D eigenvalue weighted by Crippen LogP contribution is -2.34. The van der Waals surface area contributed by atoms with Gasteiger partial charge in [0.05, 0.1) is 37.8 Å². The number of nitrogens with zero attached hydrogens (tertiary/aromatic N) is 1. The van der Waals surface area contributed by atoms with Crippen molar-refractivity contribution in [2.75, 3.05) is 32.6 Å². The van der Waals surface area contributed by atoms with Crippen LogP contribution in [0, 0.1) is 0 Å². The van der Waals surface area contributed by atoms with Gasteiger partial charge in [-0.3, -0.25) is 4.79 Å². The number of carbonyl (C=O) groups excluding carboxylic acids is 1. The fourth-order valence-corrected chi connectivity index (χ4v) is 4.24. The molecule has 1 unspecified atom stereocenters. The molecule has 0 saturated carbocycles. The number of benzene rings is 1. The van der Waals surface area contributed by atoms with Crippen molar-refractivity contribution < 1.29 is 27.4 Å². The third-order valence-corrected chi connectivity index (χ3v) is 5.74. The topological polar surface area (TPSA) is 113 Å². The third-order valence-electron chi connectivity index (χ3n) is 5.05. The number of hydrogen-bond donors (Lipinski definition) is 1. The first-order chi connectivity index (χ1) is 15.2. The van der Waals surface area contributed by atoms with E-state index in [9.17, 15) is 18.0 Å². The molecule has 0 saturated heterocycles. The summed E-state index contributed by atoms with van der Waals surface area (Å²) in [5.41, 5.74) is 1.65. The normalized spacial score (nSPS) is 14.9. The van der Waals surface area contributed by atoms with Crippen molar-refractivity contribution in [3.05, 3.63) is 45.7 Å². The molecular formula is C22H28N2O7S. The Morgan fingerprint density at radius 2 is 1.75 bits per heavy atom. The zero-order chi connectivity index (χ0) is 23.5. The molecule has 0 aliphatic carbocycles. The number of aromatic nitrogens is 1. The highest BCUT2D eigenvalue weighted by molar-refractivity contribution is 7.88. The molecule has 0 fully saturated rings. The zero-order valence-corrected chi connectivity index (χ0v) is 19.5. The van der Waals surface area contributed by atoms with E-state index in [1.54, 1.807) is 11.5 Å². The van der Waals surface area contributed by atoms with Gasteiger partial charge in [-0.15, -0.1) is 0 Å². The number of ether oxygens (including phenoxy) is 3. The van der Waals surface area contributed by atoms with E-state index in [4.69, 9.17) is 14.2 Å². The lowest BCUT2D eigenvalue weighted by Gasteiger charge is -2.31. The van der Waals surface area contributed by atoms with E-state index in [0.717, 1.165) is 17.4 Å². The second kappa shape index (κ2) is 9.74. The molecule has 2 aromatic rings. The Kier molecular flexibility index (Phi) is 7.25. The summed E-state index contributed by atoms with van der Waals surface area (Å²) < 4.78 is 44.2. The second-order valence-electron chi connectivity index (χ2n) is 7.37. The molecule has 10 heteroatoms. The van der Waals surface area contributed by atoms with Gasteiger partial charge in [0.25, 0.3) is 0 Å². The molecule has 174 valence electrons. The van der Waals surface area contributed by atoms with Crippen molar-refractivity contribution in [3.63, 3.8) is 0 Å². The maximum Gasteiger partial charge on any atom is 0.343 e. The summed E-state index contributed by atoms with van der Waals surface area (Å²) in [5.74, 6) is 0.422. The van der Waals surface area contributed by atoms with Gasteiger partial charge >= 0.3 is 5.97 Å². The van der Waals surface area contributed by atoms with E-state index in [1.807, 2.05) is 26.0 Å². The molecule has 1 aliphatic rings. The number of esters is 1.